The number of anilines is 1. The van der Waals surface area contributed by atoms with Gasteiger partial charge in [0.2, 0.25) is 5.95 Å². The molecule has 10 heteroatoms. The molecule has 3 heterocycles. The van der Waals surface area contributed by atoms with E-state index in [1.54, 1.807) is 36.3 Å². The zero-order valence-electron chi connectivity index (χ0n) is 18.0. The summed E-state index contributed by atoms with van der Waals surface area (Å²) >= 11 is 5.96. The minimum absolute atomic E-state index is 0.147. The van der Waals surface area contributed by atoms with Crippen molar-refractivity contribution >= 4 is 34.4 Å². The average molecular weight is 445 g/mol. The van der Waals surface area contributed by atoms with Crippen LogP contribution in [-0.2, 0) is 18.3 Å². The Labute approximate surface area is 184 Å². The summed E-state index contributed by atoms with van der Waals surface area (Å²) in [4.78, 5) is 31.2. The number of hydrogen-bond donors (Lipinski definition) is 0. The van der Waals surface area contributed by atoms with Crippen molar-refractivity contribution in [3.05, 3.63) is 55.7 Å². The molecule has 0 bridgehead atoms. The van der Waals surface area contributed by atoms with Gasteiger partial charge in [-0.3, -0.25) is 18.5 Å². The number of imidazole rings is 1. The molecule has 1 aromatic carbocycles. The van der Waals surface area contributed by atoms with E-state index in [4.69, 9.17) is 16.3 Å². The number of aromatic nitrogens is 4. The molecule has 3 aromatic rings. The largest absolute Gasteiger partial charge is 0.380 e. The van der Waals surface area contributed by atoms with E-state index in [2.05, 4.69) is 10.1 Å². The molecular weight excluding hydrogens is 420 g/mol. The highest BCUT2D eigenvalue weighted by Gasteiger charge is 2.30. The number of rotatable bonds is 6. The Bertz CT molecular complexity index is 1270. The number of ether oxygens (including phenoxy) is 1. The Morgan fingerprint density at radius 2 is 1.90 bits per heavy atom. The second kappa shape index (κ2) is 8.32. The normalized spacial score (nSPS) is 16.0. The first-order valence-corrected chi connectivity index (χ1v) is 10.6. The summed E-state index contributed by atoms with van der Waals surface area (Å²) in [5, 5.41) is 6.96. The third-order valence-corrected chi connectivity index (χ3v) is 5.82. The topological polar surface area (TPSA) is 86.7 Å². The fourth-order valence-corrected chi connectivity index (χ4v) is 3.87. The van der Waals surface area contributed by atoms with Crippen molar-refractivity contribution in [3.63, 3.8) is 0 Å². The fourth-order valence-electron chi connectivity index (χ4n) is 3.74. The third-order valence-electron chi connectivity index (χ3n) is 5.56. The molecule has 4 rings (SSSR count). The maximum atomic E-state index is 13.5. The number of nitrogens with zero attached hydrogens (tertiary/aromatic N) is 6. The highest BCUT2D eigenvalue weighted by molar-refractivity contribution is 6.30. The maximum Gasteiger partial charge on any atom is 0.332 e. The van der Waals surface area contributed by atoms with Crippen LogP contribution in [0.15, 0.2) is 39.0 Å². The number of hydrazone groups is 1. The SMILES string of the molecule is CCOCCN1N=C(C)[C@H](C)n2c1nc1c2c(=O)n(Cc2ccc(Cl)cc2)c(=O)n1C. The molecule has 0 N–H and O–H groups in total. The molecule has 0 fully saturated rings. The van der Waals surface area contributed by atoms with Crippen LogP contribution >= 0.6 is 11.6 Å². The third kappa shape index (κ3) is 3.68. The van der Waals surface area contributed by atoms with Crippen LogP contribution in [0.1, 0.15) is 32.4 Å². The van der Waals surface area contributed by atoms with Crippen molar-refractivity contribution in [1.29, 1.82) is 0 Å². The van der Waals surface area contributed by atoms with Crippen LogP contribution in [0.3, 0.4) is 0 Å². The first-order chi connectivity index (χ1) is 14.8. The Balaban J connectivity index is 1.89. The lowest BCUT2D eigenvalue weighted by atomic mass is 10.2. The molecule has 0 saturated heterocycles. The minimum atomic E-state index is -0.422. The Hall–Kier alpha value is -2.91. The first-order valence-electron chi connectivity index (χ1n) is 10.2. The van der Waals surface area contributed by atoms with Gasteiger partial charge in [0, 0.05) is 18.7 Å². The van der Waals surface area contributed by atoms with Gasteiger partial charge >= 0.3 is 5.69 Å². The van der Waals surface area contributed by atoms with Gasteiger partial charge in [0.05, 0.1) is 31.4 Å². The number of halogens is 1. The van der Waals surface area contributed by atoms with E-state index < -0.39 is 5.69 Å². The van der Waals surface area contributed by atoms with E-state index in [-0.39, 0.29) is 18.1 Å². The monoisotopic (exact) mass is 444 g/mol. The summed E-state index contributed by atoms with van der Waals surface area (Å²) in [5.41, 5.74) is 1.59. The minimum Gasteiger partial charge on any atom is -0.380 e. The number of aryl methyl sites for hydroxylation is 1. The van der Waals surface area contributed by atoms with Crippen LogP contribution in [0.2, 0.25) is 5.02 Å². The molecule has 0 radical (unpaired) electrons. The highest BCUT2D eigenvalue weighted by Crippen LogP contribution is 2.29. The van der Waals surface area contributed by atoms with Crippen molar-refractivity contribution in [1.82, 2.24) is 18.7 Å². The molecular formula is C21H25ClN6O3. The van der Waals surface area contributed by atoms with Crippen LogP contribution in [-0.4, -0.2) is 44.2 Å². The molecule has 0 amide bonds. The molecule has 2 aromatic heterocycles. The maximum absolute atomic E-state index is 13.5. The lowest BCUT2D eigenvalue weighted by Gasteiger charge is -2.29. The molecule has 1 aliphatic heterocycles. The smallest absolute Gasteiger partial charge is 0.332 e. The van der Waals surface area contributed by atoms with Gasteiger partial charge in [-0.1, -0.05) is 23.7 Å². The predicted octanol–water partition coefficient (Wildman–Crippen LogP) is 2.39. The van der Waals surface area contributed by atoms with Gasteiger partial charge in [0.25, 0.3) is 5.56 Å². The van der Waals surface area contributed by atoms with Crippen LogP contribution < -0.4 is 16.3 Å². The summed E-state index contributed by atoms with van der Waals surface area (Å²) in [6, 6.07) is 6.92. The zero-order valence-corrected chi connectivity index (χ0v) is 18.8. The Kier molecular flexibility index (Phi) is 5.72. The summed E-state index contributed by atoms with van der Waals surface area (Å²) in [5.74, 6) is 0.532. The van der Waals surface area contributed by atoms with Gasteiger partial charge in [-0.15, -0.1) is 0 Å². The average Bonchev–Trinajstić information content (AvgIpc) is 3.16. The molecule has 0 unspecified atom stereocenters. The van der Waals surface area contributed by atoms with Crippen LogP contribution in [0.25, 0.3) is 11.2 Å². The van der Waals surface area contributed by atoms with Gasteiger partial charge in [0.15, 0.2) is 11.2 Å². The standard InChI is InChI=1S/C21H25ClN6O3/c1-5-31-11-10-27-20-23-18-17(28(20)14(3)13(2)24-27)19(29)26(21(30)25(18)4)12-15-6-8-16(22)9-7-15/h6-9,14H,5,10-12H2,1-4H3/t14-/m0/s1. The molecule has 1 aliphatic rings. The van der Waals surface area contributed by atoms with Crippen molar-refractivity contribution in [2.45, 2.75) is 33.4 Å². The number of hydrogen-bond acceptors (Lipinski definition) is 6. The van der Waals surface area contributed by atoms with Crippen molar-refractivity contribution in [2.75, 3.05) is 24.8 Å². The first kappa shape index (κ1) is 21.3. The van der Waals surface area contributed by atoms with Gasteiger partial charge in [0.1, 0.15) is 0 Å². The molecule has 0 saturated carbocycles. The molecule has 164 valence electrons. The van der Waals surface area contributed by atoms with Crippen molar-refractivity contribution in [3.8, 4) is 0 Å². The quantitative estimate of drug-likeness (QED) is 0.545. The summed E-state index contributed by atoms with van der Waals surface area (Å²) in [6.07, 6.45) is 0. The number of benzene rings is 1. The summed E-state index contributed by atoms with van der Waals surface area (Å²) in [7, 11) is 1.63. The van der Waals surface area contributed by atoms with Gasteiger partial charge in [-0.2, -0.15) is 10.1 Å². The lowest BCUT2D eigenvalue weighted by molar-refractivity contribution is 0.153. The van der Waals surface area contributed by atoms with Crippen LogP contribution in [0.4, 0.5) is 5.95 Å². The van der Waals surface area contributed by atoms with Gasteiger partial charge < -0.3 is 4.74 Å². The summed E-state index contributed by atoms with van der Waals surface area (Å²) in [6.45, 7) is 7.54. The van der Waals surface area contributed by atoms with E-state index in [9.17, 15) is 9.59 Å². The summed E-state index contributed by atoms with van der Waals surface area (Å²) < 4.78 is 9.99. The Morgan fingerprint density at radius 3 is 2.58 bits per heavy atom. The molecule has 0 spiro atoms. The van der Waals surface area contributed by atoms with Crippen LogP contribution in [0, 0.1) is 0 Å². The molecule has 0 aliphatic carbocycles. The fraction of sp³-hybridized carbons (Fsp3) is 0.429. The second-order valence-electron chi connectivity index (χ2n) is 7.55. The van der Waals surface area contributed by atoms with E-state index in [0.29, 0.717) is 41.9 Å². The van der Waals surface area contributed by atoms with Crippen molar-refractivity contribution < 1.29 is 4.74 Å². The van der Waals surface area contributed by atoms with E-state index in [0.717, 1.165) is 11.3 Å². The zero-order chi connectivity index (χ0) is 22.3. The molecule has 9 nitrogen and oxygen atoms in total. The number of fused-ring (bicyclic) bond motifs is 3. The molecule has 31 heavy (non-hydrogen) atoms. The van der Waals surface area contributed by atoms with Gasteiger partial charge in [-0.25, -0.2) is 9.80 Å². The highest BCUT2D eigenvalue weighted by atomic mass is 35.5. The van der Waals surface area contributed by atoms with E-state index in [1.165, 1.54) is 9.13 Å². The molecule has 1 atom stereocenters. The van der Waals surface area contributed by atoms with E-state index >= 15 is 0 Å². The van der Waals surface area contributed by atoms with Crippen LogP contribution in [0.5, 0.6) is 0 Å². The van der Waals surface area contributed by atoms with Crippen molar-refractivity contribution in [2.24, 2.45) is 12.1 Å². The lowest BCUT2D eigenvalue weighted by Crippen LogP contribution is -2.40. The second-order valence-corrected chi connectivity index (χ2v) is 7.99. The predicted molar refractivity (Wildman–Crippen MR) is 121 cm³/mol. The Morgan fingerprint density at radius 1 is 1.19 bits per heavy atom. The van der Waals surface area contributed by atoms with E-state index in [1.807, 2.05) is 25.3 Å². The van der Waals surface area contributed by atoms with Gasteiger partial charge in [-0.05, 0) is 38.5 Å².